The number of hydrogen-bond donors (Lipinski definition) is 1. The van der Waals surface area contributed by atoms with Gasteiger partial charge in [0, 0.05) is 12.4 Å². The summed E-state index contributed by atoms with van der Waals surface area (Å²) in [6.45, 7) is 4.00. The highest BCUT2D eigenvalue weighted by molar-refractivity contribution is 5.60. The van der Waals surface area contributed by atoms with Crippen molar-refractivity contribution in [3.8, 4) is 5.69 Å². The van der Waals surface area contributed by atoms with E-state index in [1.54, 1.807) is 18.5 Å². The summed E-state index contributed by atoms with van der Waals surface area (Å²) in [6.07, 6.45) is 3.42. The SMILES string of the molecule is Cc1nn(-c2ccccc2)c(C)c1Nc1ncccn1. The van der Waals surface area contributed by atoms with Crippen LogP contribution in [0.25, 0.3) is 5.69 Å². The molecule has 2 heterocycles. The number of aromatic nitrogens is 4. The van der Waals surface area contributed by atoms with E-state index < -0.39 is 0 Å². The van der Waals surface area contributed by atoms with Crippen molar-refractivity contribution in [3.05, 3.63) is 60.2 Å². The molecule has 3 rings (SSSR count). The molecule has 0 aliphatic carbocycles. The highest BCUT2D eigenvalue weighted by atomic mass is 15.3. The van der Waals surface area contributed by atoms with Gasteiger partial charge >= 0.3 is 0 Å². The predicted molar refractivity (Wildman–Crippen MR) is 78.4 cm³/mol. The summed E-state index contributed by atoms with van der Waals surface area (Å²) in [5, 5.41) is 7.80. The summed E-state index contributed by atoms with van der Waals surface area (Å²) in [5.41, 5.74) is 3.93. The first-order valence-corrected chi connectivity index (χ1v) is 6.41. The number of nitrogens with zero attached hydrogens (tertiary/aromatic N) is 4. The van der Waals surface area contributed by atoms with Crippen molar-refractivity contribution in [2.75, 3.05) is 5.32 Å². The number of anilines is 2. The first kappa shape index (κ1) is 12.3. The molecule has 0 spiro atoms. The van der Waals surface area contributed by atoms with Gasteiger partial charge in [0.2, 0.25) is 5.95 Å². The lowest BCUT2D eigenvalue weighted by molar-refractivity contribution is 0.834. The highest BCUT2D eigenvalue weighted by Crippen LogP contribution is 2.24. The number of rotatable bonds is 3. The van der Waals surface area contributed by atoms with Crippen LogP contribution >= 0.6 is 0 Å². The second-order valence-corrected chi connectivity index (χ2v) is 4.49. The van der Waals surface area contributed by atoms with E-state index >= 15 is 0 Å². The van der Waals surface area contributed by atoms with Crippen molar-refractivity contribution in [3.63, 3.8) is 0 Å². The molecule has 0 radical (unpaired) electrons. The van der Waals surface area contributed by atoms with Gasteiger partial charge in [-0.05, 0) is 32.0 Å². The zero-order valence-corrected chi connectivity index (χ0v) is 11.4. The lowest BCUT2D eigenvalue weighted by Crippen LogP contribution is -2.00. The quantitative estimate of drug-likeness (QED) is 0.791. The first-order chi connectivity index (χ1) is 9.75. The molecule has 1 N–H and O–H groups in total. The van der Waals surface area contributed by atoms with E-state index in [-0.39, 0.29) is 0 Å². The fourth-order valence-corrected chi connectivity index (χ4v) is 2.12. The Hall–Kier alpha value is -2.69. The third kappa shape index (κ3) is 2.25. The molecular weight excluding hydrogens is 250 g/mol. The molecule has 0 aliphatic rings. The molecule has 0 unspecified atom stereocenters. The average molecular weight is 265 g/mol. The van der Waals surface area contributed by atoms with E-state index in [4.69, 9.17) is 0 Å². The van der Waals surface area contributed by atoms with Gasteiger partial charge in [-0.2, -0.15) is 5.10 Å². The third-order valence-corrected chi connectivity index (χ3v) is 3.09. The number of aryl methyl sites for hydroxylation is 1. The molecule has 0 aliphatic heterocycles. The van der Waals surface area contributed by atoms with E-state index in [9.17, 15) is 0 Å². The van der Waals surface area contributed by atoms with Gasteiger partial charge in [0.05, 0.1) is 22.8 Å². The zero-order valence-electron chi connectivity index (χ0n) is 11.4. The van der Waals surface area contributed by atoms with Crippen LogP contribution in [0, 0.1) is 13.8 Å². The maximum atomic E-state index is 4.58. The Balaban J connectivity index is 1.99. The van der Waals surface area contributed by atoms with Crippen LogP contribution in [0.4, 0.5) is 11.6 Å². The summed E-state index contributed by atoms with van der Waals surface area (Å²) in [5.74, 6) is 0.575. The Morgan fingerprint density at radius 2 is 1.65 bits per heavy atom. The fourth-order valence-electron chi connectivity index (χ4n) is 2.12. The molecule has 5 heteroatoms. The van der Waals surface area contributed by atoms with Crippen molar-refractivity contribution in [1.82, 2.24) is 19.7 Å². The number of hydrogen-bond acceptors (Lipinski definition) is 4. The predicted octanol–water partition coefficient (Wildman–Crippen LogP) is 3.02. The normalized spacial score (nSPS) is 10.5. The van der Waals surface area contributed by atoms with Crippen molar-refractivity contribution < 1.29 is 0 Å². The van der Waals surface area contributed by atoms with Gasteiger partial charge in [-0.1, -0.05) is 18.2 Å². The van der Waals surface area contributed by atoms with Crippen molar-refractivity contribution in [1.29, 1.82) is 0 Å². The van der Waals surface area contributed by atoms with Crippen molar-refractivity contribution in [2.24, 2.45) is 0 Å². The van der Waals surface area contributed by atoms with E-state index in [2.05, 4.69) is 20.4 Å². The molecule has 0 amide bonds. The molecule has 1 aromatic carbocycles. The lowest BCUT2D eigenvalue weighted by atomic mass is 10.3. The molecule has 2 aromatic heterocycles. The molecule has 0 saturated heterocycles. The van der Waals surface area contributed by atoms with Crippen LogP contribution in [0.2, 0.25) is 0 Å². The summed E-state index contributed by atoms with van der Waals surface area (Å²) in [4.78, 5) is 8.36. The standard InChI is InChI=1S/C15H15N5/c1-11-14(18-15-16-9-6-10-17-15)12(2)20(19-11)13-7-4-3-5-8-13/h3-10H,1-2H3,(H,16,17,18). The maximum Gasteiger partial charge on any atom is 0.227 e. The van der Waals surface area contributed by atoms with Gasteiger partial charge in [-0.15, -0.1) is 0 Å². The monoisotopic (exact) mass is 265 g/mol. The molecule has 20 heavy (non-hydrogen) atoms. The summed E-state index contributed by atoms with van der Waals surface area (Å²) in [6, 6.07) is 11.8. The molecule has 3 aromatic rings. The molecule has 0 fully saturated rings. The van der Waals surface area contributed by atoms with Crippen LogP contribution < -0.4 is 5.32 Å². The number of nitrogens with one attached hydrogen (secondary N) is 1. The maximum absolute atomic E-state index is 4.58. The smallest absolute Gasteiger partial charge is 0.227 e. The van der Waals surface area contributed by atoms with Gasteiger partial charge in [-0.3, -0.25) is 0 Å². The van der Waals surface area contributed by atoms with Crippen LogP contribution in [0.3, 0.4) is 0 Å². The molecule has 100 valence electrons. The Labute approximate surface area is 117 Å². The second kappa shape index (κ2) is 5.13. The Bertz CT molecular complexity index is 704. The molecular formula is C15H15N5. The van der Waals surface area contributed by atoms with Crippen molar-refractivity contribution >= 4 is 11.6 Å². The summed E-state index contributed by atoms with van der Waals surface area (Å²) in [7, 11) is 0. The molecule has 5 nitrogen and oxygen atoms in total. The minimum atomic E-state index is 0.575. The van der Waals surface area contributed by atoms with Crippen molar-refractivity contribution in [2.45, 2.75) is 13.8 Å². The Kier molecular flexibility index (Phi) is 3.16. The van der Waals surface area contributed by atoms with Crippen LogP contribution in [-0.4, -0.2) is 19.7 Å². The third-order valence-electron chi connectivity index (χ3n) is 3.09. The topological polar surface area (TPSA) is 55.6 Å². The first-order valence-electron chi connectivity index (χ1n) is 6.41. The van der Waals surface area contributed by atoms with E-state index in [1.165, 1.54) is 0 Å². The number of benzene rings is 1. The van der Waals surface area contributed by atoms with Gasteiger partial charge in [0.25, 0.3) is 0 Å². The van der Waals surface area contributed by atoms with Crippen LogP contribution in [0.1, 0.15) is 11.4 Å². The second-order valence-electron chi connectivity index (χ2n) is 4.49. The fraction of sp³-hybridized carbons (Fsp3) is 0.133. The Morgan fingerprint density at radius 1 is 0.950 bits per heavy atom. The summed E-state index contributed by atoms with van der Waals surface area (Å²) >= 11 is 0. The van der Waals surface area contributed by atoms with Gasteiger partial charge in [0.1, 0.15) is 0 Å². The lowest BCUT2D eigenvalue weighted by Gasteiger charge is -2.06. The van der Waals surface area contributed by atoms with Gasteiger partial charge in [-0.25, -0.2) is 14.6 Å². The number of para-hydroxylation sites is 1. The van der Waals surface area contributed by atoms with E-state index in [0.29, 0.717) is 5.95 Å². The summed E-state index contributed by atoms with van der Waals surface area (Å²) < 4.78 is 1.92. The van der Waals surface area contributed by atoms with E-state index in [0.717, 1.165) is 22.8 Å². The van der Waals surface area contributed by atoms with E-state index in [1.807, 2.05) is 48.9 Å². The minimum absolute atomic E-state index is 0.575. The Morgan fingerprint density at radius 3 is 2.35 bits per heavy atom. The minimum Gasteiger partial charge on any atom is -0.321 e. The highest BCUT2D eigenvalue weighted by Gasteiger charge is 2.13. The molecule has 0 bridgehead atoms. The zero-order chi connectivity index (χ0) is 13.9. The largest absolute Gasteiger partial charge is 0.321 e. The van der Waals surface area contributed by atoms with Crippen LogP contribution in [0.15, 0.2) is 48.8 Å². The van der Waals surface area contributed by atoms with Crippen LogP contribution in [0.5, 0.6) is 0 Å². The average Bonchev–Trinajstić information content (AvgIpc) is 2.77. The van der Waals surface area contributed by atoms with Gasteiger partial charge < -0.3 is 5.32 Å². The molecule has 0 saturated carbocycles. The van der Waals surface area contributed by atoms with Gasteiger partial charge in [0.15, 0.2) is 0 Å². The molecule has 0 atom stereocenters. The van der Waals surface area contributed by atoms with Crippen LogP contribution in [-0.2, 0) is 0 Å².